The Bertz CT molecular complexity index is 524. The van der Waals surface area contributed by atoms with Crippen LogP contribution in [-0.2, 0) is 4.79 Å². The van der Waals surface area contributed by atoms with Crippen LogP contribution in [0.5, 0.6) is 0 Å². The van der Waals surface area contributed by atoms with E-state index in [-0.39, 0.29) is 18.3 Å². The highest BCUT2D eigenvalue weighted by molar-refractivity contribution is 5.93. The number of carbonyl (C=O) groups is 1. The average molecular weight is 321 g/mol. The maximum absolute atomic E-state index is 12.3. The van der Waals surface area contributed by atoms with Gasteiger partial charge in [-0.25, -0.2) is 0 Å². The van der Waals surface area contributed by atoms with Crippen molar-refractivity contribution in [1.29, 1.82) is 0 Å². The Labute approximate surface area is 139 Å². The zero-order chi connectivity index (χ0) is 14.5. The number of anilines is 1. The topological polar surface area (TPSA) is 32.3 Å². The molecule has 1 saturated heterocycles. The number of carbonyl (C=O) groups excluding carboxylic acids is 1. The van der Waals surface area contributed by atoms with E-state index in [4.69, 9.17) is 0 Å². The molecule has 22 heavy (non-hydrogen) atoms. The molecule has 1 aliphatic carbocycles. The van der Waals surface area contributed by atoms with Crippen LogP contribution in [0.2, 0.25) is 0 Å². The fourth-order valence-electron chi connectivity index (χ4n) is 3.34. The summed E-state index contributed by atoms with van der Waals surface area (Å²) in [5.41, 5.74) is 2.23. The molecule has 0 radical (unpaired) electrons. The van der Waals surface area contributed by atoms with E-state index in [0.29, 0.717) is 12.5 Å². The Morgan fingerprint density at radius 3 is 2.68 bits per heavy atom. The molecule has 0 bridgehead atoms. The van der Waals surface area contributed by atoms with E-state index < -0.39 is 0 Å². The van der Waals surface area contributed by atoms with Gasteiger partial charge in [-0.05, 0) is 50.4 Å². The SMILES string of the molecule is Cl.O=C(CN1CCCCC1)Nc1ccccc1C1C=CCC1. The van der Waals surface area contributed by atoms with Gasteiger partial charge in [0.15, 0.2) is 0 Å². The first-order valence-corrected chi connectivity index (χ1v) is 8.11. The normalized spacial score (nSPS) is 21.4. The molecule has 3 nitrogen and oxygen atoms in total. The maximum Gasteiger partial charge on any atom is 0.238 e. The number of halogens is 1. The summed E-state index contributed by atoms with van der Waals surface area (Å²) in [5, 5.41) is 3.12. The Kier molecular flexibility index (Phi) is 6.47. The molecular formula is C18H25ClN2O. The summed E-state index contributed by atoms with van der Waals surface area (Å²) < 4.78 is 0. The van der Waals surface area contributed by atoms with Crippen molar-refractivity contribution in [1.82, 2.24) is 4.90 Å². The van der Waals surface area contributed by atoms with Gasteiger partial charge in [0, 0.05) is 11.6 Å². The van der Waals surface area contributed by atoms with Crippen LogP contribution in [0, 0.1) is 0 Å². The van der Waals surface area contributed by atoms with E-state index in [0.717, 1.165) is 31.6 Å². The summed E-state index contributed by atoms with van der Waals surface area (Å²) in [6.07, 6.45) is 10.5. The zero-order valence-corrected chi connectivity index (χ0v) is 13.8. The van der Waals surface area contributed by atoms with Crippen LogP contribution in [0.15, 0.2) is 36.4 Å². The van der Waals surface area contributed by atoms with Gasteiger partial charge in [0.2, 0.25) is 5.91 Å². The molecule has 0 saturated carbocycles. The van der Waals surface area contributed by atoms with Crippen molar-refractivity contribution < 1.29 is 4.79 Å². The molecule has 1 aromatic rings. The third-order valence-corrected chi connectivity index (χ3v) is 4.46. The van der Waals surface area contributed by atoms with Gasteiger partial charge in [-0.3, -0.25) is 9.69 Å². The summed E-state index contributed by atoms with van der Waals surface area (Å²) >= 11 is 0. The lowest BCUT2D eigenvalue weighted by Crippen LogP contribution is -2.37. The van der Waals surface area contributed by atoms with Gasteiger partial charge in [-0.1, -0.05) is 36.8 Å². The lowest BCUT2D eigenvalue weighted by molar-refractivity contribution is -0.117. The molecule has 3 rings (SSSR count). The molecular weight excluding hydrogens is 296 g/mol. The summed E-state index contributed by atoms with van der Waals surface area (Å²) in [6.45, 7) is 2.63. The number of hydrogen-bond acceptors (Lipinski definition) is 2. The molecule has 1 fully saturated rings. The Morgan fingerprint density at radius 1 is 1.18 bits per heavy atom. The van der Waals surface area contributed by atoms with E-state index in [9.17, 15) is 4.79 Å². The minimum absolute atomic E-state index is 0. The zero-order valence-electron chi connectivity index (χ0n) is 13.0. The van der Waals surface area contributed by atoms with Crippen molar-refractivity contribution in [3.05, 3.63) is 42.0 Å². The van der Waals surface area contributed by atoms with Crippen LogP contribution in [0.3, 0.4) is 0 Å². The number of piperidine rings is 1. The van der Waals surface area contributed by atoms with Crippen molar-refractivity contribution in [2.75, 3.05) is 25.0 Å². The predicted octanol–water partition coefficient (Wildman–Crippen LogP) is 3.97. The first-order chi connectivity index (χ1) is 10.3. The molecule has 0 spiro atoms. The van der Waals surface area contributed by atoms with Crippen molar-refractivity contribution in [2.24, 2.45) is 0 Å². The van der Waals surface area contributed by atoms with E-state index >= 15 is 0 Å². The monoisotopic (exact) mass is 320 g/mol. The van der Waals surface area contributed by atoms with Gasteiger partial charge >= 0.3 is 0 Å². The van der Waals surface area contributed by atoms with Gasteiger partial charge < -0.3 is 5.32 Å². The van der Waals surface area contributed by atoms with Crippen molar-refractivity contribution >= 4 is 24.0 Å². The molecule has 1 aromatic carbocycles. The van der Waals surface area contributed by atoms with E-state index in [2.05, 4.69) is 34.5 Å². The van der Waals surface area contributed by atoms with Gasteiger partial charge in [-0.15, -0.1) is 12.4 Å². The largest absolute Gasteiger partial charge is 0.325 e. The second kappa shape index (κ2) is 8.35. The molecule has 1 unspecified atom stereocenters. The van der Waals surface area contributed by atoms with E-state index in [1.54, 1.807) is 0 Å². The number of rotatable bonds is 4. The van der Waals surface area contributed by atoms with E-state index in [1.165, 1.54) is 24.8 Å². The summed E-state index contributed by atoms with van der Waals surface area (Å²) in [7, 11) is 0. The first kappa shape index (κ1) is 17.0. The fraction of sp³-hybridized carbons (Fsp3) is 0.500. The minimum atomic E-state index is 0. The average Bonchev–Trinajstić information content (AvgIpc) is 3.03. The molecule has 120 valence electrons. The molecule has 1 aliphatic heterocycles. The van der Waals surface area contributed by atoms with Gasteiger partial charge in [-0.2, -0.15) is 0 Å². The van der Waals surface area contributed by atoms with Crippen molar-refractivity contribution in [2.45, 2.75) is 38.0 Å². The van der Waals surface area contributed by atoms with Crippen LogP contribution >= 0.6 is 12.4 Å². The number of para-hydroxylation sites is 1. The quantitative estimate of drug-likeness (QED) is 0.851. The van der Waals surface area contributed by atoms with Crippen LogP contribution in [0.25, 0.3) is 0 Å². The fourth-order valence-corrected chi connectivity index (χ4v) is 3.34. The Balaban J connectivity index is 0.00000176. The first-order valence-electron chi connectivity index (χ1n) is 8.11. The lowest BCUT2D eigenvalue weighted by Gasteiger charge is -2.26. The Morgan fingerprint density at radius 2 is 1.95 bits per heavy atom. The highest BCUT2D eigenvalue weighted by Crippen LogP contribution is 2.33. The highest BCUT2D eigenvalue weighted by atomic mass is 35.5. The van der Waals surface area contributed by atoms with Crippen LogP contribution < -0.4 is 5.32 Å². The molecule has 0 aromatic heterocycles. The number of hydrogen-bond donors (Lipinski definition) is 1. The molecule has 2 aliphatic rings. The summed E-state index contributed by atoms with van der Waals surface area (Å²) in [5.74, 6) is 0.572. The molecule has 1 amide bonds. The summed E-state index contributed by atoms with van der Waals surface area (Å²) in [4.78, 5) is 14.5. The smallest absolute Gasteiger partial charge is 0.238 e. The number of nitrogens with one attached hydrogen (secondary N) is 1. The lowest BCUT2D eigenvalue weighted by atomic mass is 9.97. The van der Waals surface area contributed by atoms with Gasteiger partial charge in [0.1, 0.15) is 0 Å². The van der Waals surface area contributed by atoms with Crippen LogP contribution in [-0.4, -0.2) is 30.4 Å². The maximum atomic E-state index is 12.3. The van der Waals surface area contributed by atoms with Crippen molar-refractivity contribution in [3.63, 3.8) is 0 Å². The Hall–Kier alpha value is -1.32. The molecule has 1 atom stereocenters. The number of likely N-dealkylation sites (tertiary alicyclic amines) is 1. The van der Waals surface area contributed by atoms with Crippen molar-refractivity contribution in [3.8, 4) is 0 Å². The number of nitrogens with zero attached hydrogens (tertiary/aromatic N) is 1. The number of benzene rings is 1. The third kappa shape index (κ3) is 4.34. The second-order valence-electron chi connectivity index (χ2n) is 6.08. The second-order valence-corrected chi connectivity index (χ2v) is 6.08. The molecule has 4 heteroatoms. The third-order valence-electron chi connectivity index (χ3n) is 4.46. The van der Waals surface area contributed by atoms with Crippen LogP contribution in [0.4, 0.5) is 5.69 Å². The highest BCUT2D eigenvalue weighted by Gasteiger charge is 2.18. The van der Waals surface area contributed by atoms with Crippen LogP contribution in [0.1, 0.15) is 43.6 Å². The molecule has 1 heterocycles. The predicted molar refractivity (Wildman–Crippen MR) is 93.7 cm³/mol. The number of allylic oxidation sites excluding steroid dienone is 2. The van der Waals surface area contributed by atoms with Gasteiger partial charge in [0.05, 0.1) is 6.54 Å². The van der Waals surface area contributed by atoms with Gasteiger partial charge in [0.25, 0.3) is 0 Å². The standard InChI is InChI=1S/C18H24N2O.ClH/c21-18(14-20-12-6-1-7-13-20)19-17-11-5-4-10-16(17)15-8-2-3-9-15;/h2,4-5,8,10-11,15H,1,3,6-7,9,12-14H2,(H,19,21);1H. The van der Waals surface area contributed by atoms with E-state index in [1.807, 2.05) is 12.1 Å². The minimum Gasteiger partial charge on any atom is -0.325 e. The molecule has 1 N–H and O–H groups in total. The summed E-state index contributed by atoms with van der Waals surface area (Å²) in [6, 6.07) is 8.22. The number of amides is 1.